The van der Waals surface area contributed by atoms with E-state index in [1.807, 2.05) is 172 Å². The fraction of sp³-hybridized carbons (Fsp3) is 0.0704. The predicted molar refractivity (Wildman–Crippen MR) is 333 cm³/mol. The summed E-state index contributed by atoms with van der Waals surface area (Å²) in [6, 6.07) is 63.9. The summed E-state index contributed by atoms with van der Waals surface area (Å²) in [7, 11) is 0. The number of pyridine rings is 6. The molecule has 18 rings (SSSR count). The molecule has 0 amide bonds. The molecule has 456 valence electrons. The van der Waals surface area contributed by atoms with Crippen molar-refractivity contribution in [3.05, 3.63) is 291 Å². The largest absolute Gasteiger partial charge is 0.347 e. The van der Waals surface area contributed by atoms with Crippen LogP contribution in [0, 0.1) is 71.0 Å². The summed E-state index contributed by atoms with van der Waals surface area (Å²) in [5.74, 6) is 0. The fourth-order valence-electron chi connectivity index (χ4n) is 10.6. The molecule has 0 spiro atoms. The van der Waals surface area contributed by atoms with E-state index in [2.05, 4.69) is 176 Å². The zero-order valence-electron chi connectivity index (χ0n) is 48.2. The van der Waals surface area contributed by atoms with Crippen molar-refractivity contribution in [3.8, 4) is 0 Å². The van der Waals surface area contributed by atoms with E-state index < -0.39 is 0 Å². The Labute approximate surface area is 595 Å². The van der Waals surface area contributed by atoms with E-state index in [1.54, 1.807) is 6.20 Å². The van der Waals surface area contributed by atoms with Crippen molar-refractivity contribution in [1.29, 1.82) is 0 Å². The van der Waals surface area contributed by atoms with Gasteiger partial charge in [-0.2, -0.15) is 0 Å². The number of fused-ring (bicyclic) bond motifs is 18. The van der Waals surface area contributed by atoms with Gasteiger partial charge in [0.05, 0.1) is 33.9 Å². The number of benzene rings is 6. The van der Waals surface area contributed by atoms with E-state index in [9.17, 15) is 0 Å². The van der Waals surface area contributed by atoms with Gasteiger partial charge in [0.2, 0.25) is 0 Å². The Balaban J connectivity index is 0.000000150. The summed E-state index contributed by atoms with van der Waals surface area (Å²) in [5, 5.41) is 13.7. The molecule has 18 aromatic rings. The second-order valence-electron chi connectivity index (χ2n) is 20.1. The minimum atomic E-state index is 0. The molecule has 12 aromatic heterocycles. The van der Waals surface area contributed by atoms with Gasteiger partial charge in [-0.25, -0.2) is 0 Å². The molecular formula is C71H52Ir6N12-6. The van der Waals surface area contributed by atoms with Crippen molar-refractivity contribution in [3.63, 3.8) is 0 Å². The summed E-state index contributed by atoms with van der Waals surface area (Å²) >= 11 is 0. The molecule has 89 heavy (non-hydrogen) atoms. The van der Waals surface area contributed by atoms with Crippen LogP contribution < -0.4 is 0 Å². The Hall–Kier alpha value is -7.08. The standard InChI is InChI=1S/5C12H9N2.C11H7N2.6Ir/c1-9-3-2-4-11-10(9)5-7-14-8-6-13-12(11)14;1-9-8-14-7-6-13-12(14)11-5-3-2-4-10(9)11;1-9-8-10-4-2-3-5-11(10)12-13-6-7-14(9)12;1-9-8-14-7-6-10-4-2-3-5-11(10)12(14)13-9;1-9-8-13-12-11-5-3-2-4-10(11)6-7-14(9)12;1-2-4-10-9(3-1)5-7-13-8-6-12-11(10)13;;;;;;/h2-3,5-8H,1H3;4*2-4,6-8H,1H3;1-3,5-8H;;;;;;/q6*-1;;;;;;. The molecule has 12 heterocycles. The minimum Gasteiger partial charge on any atom is -0.347 e. The van der Waals surface area contributed by atoms with Crippen molar-refractivity contribution < 1.29 is 121 Å². The average Bonchev–Trinajstić information content (AvgIpc) is 2.51. The summed E-state index contributed by atoms with van der Waals surface area (Å²) in [6.45, 7) is 10.4. The first kappa shape index (κ1) is 69.4. The number of aryl methyl sites for hydroxylation is 5. The maximum Gasteiger partial charge on any atom is 0.0606 e. The van der Waals surface area contributed by atoms with Crippen LogP contribution in [0.5, 0.6) is 0 Å². The van der Waals surface area contributed by atoms with E-state index in [4.69, 9.17) is 0 Å². The first-order chi connectivity index (χ1) is 40.7. The van der Waals surface area contributed by atoms with Crippen LogP contribution in [-0.2, 0) is 121 Å². The average molecular weight is 2230 g/mol. The Bertz CT molecular complexity index is 5270. The Morgan fingerprint density at radius 2 is 0.730 bits per heavy atom. The number of nitrogens with zero attached hydrogens (tertiary/aromatic N) is 12. The molecule has 0 atom stereocenters. The first-order valence-corrected chi connectivity index (χ1v) is 27.1. The van der Waals surface area contributed by atoms with Gasteiger partial charge in [0.25, 0.3) is 0 Å². The quantitative estimate of drug-likeness (QED) is 0.140. The van der Waals surface area contributed by atoms with Gasteiger partial charge in [-0.05, 0) is 58.7 Å². The summed E-state index contributed by atoms with van der Waals surface area (Å²) in [5.41, 5.74) is 11.8. The molecule has 0 fully saturated rings. The molecule has 0 aliphatic rings. The van der Waals surface area contributed by atoms with E-state index in [0.717, 1.165) is 77.6 Å². The Kier molecular flexibility index (Phi) is 24.2. The fourth-order valence-corrected chi connectivity index (χ4v) is 10.6. The second kappa shape index (κ2) is 31.1. The van der Waals surface area contributed by atoms with Crippen molar-refractivity contribution in [2.24, 2.45) is 0 Å². The van der Waals surface area contributed by atoms with Crippen molar-refractivity contribution >= 4 is 98.5 Å². The van der Waals surface area contributed by atoms with Gasteiger partial charge in [0.1, 0.15) is 0 Å². The van der Waals surface area contributed by atoms with E-state index in [0.29, 0.717) is 0 Å². The third kappa shape index (κ3) is 14.4. The SMILES string of the molecule is Cc1cc2ccc[c-]c2c2nccn12.Cc1cc[c-]c2c1ccn1ccnc21.Cc1cn2ccc3ccc[c-]c3c2n1.Cc1cn2ccnc2c2[c-]cccc12.Cc1cnc2c3[c-]cccc3ccn12.[Ir].[Ir].[Ir].[Ir].[Ir].[Ir].[c-]1cccc2ccn3ccnc3c12. The number of imidazole rings is 6. The van der Waals surface area contributed by atoms with Crippen LogP contribution in [-0.4, -0.2) is 56.3 Å². The van der Waals surface area contributed by atoms with Gasteiger partial charge in [0, 0.05) is 200 Å². The third-order valence-electron chi connectivity index (χ3n) is 14.6. The number of hydrogen-bond acceptors (Lipinski definition) is 6. The topological polar surface area (TPSA) is 104 Å². The van der Waals surface area contributed by atoms with Gasteiger partial charge in [-0.3, -0.25) is 29.9 Å². The third-order valence-corrected chi connectivity index (χ3v) is 14.6. The normalized spacial score (nSPS) is 10.4. The zero-order chi connectivity index (χ0) is 56.4. The molecule has 0 saturated carbocycles. The van der Waals surface area contributed by atoms with Crippen molar-refractivity contribution in [2.75, 3.05) is 0 Å². The minimum absolute atomic E-state index is 0. The van der Waals surface area contributed by atoms with Gasteiger partial charge in [-0.1, -0.05) is 42.8 Å². The maximum absolute atomic E-state index is 4.47. The van der Waals surface area contributed by atoms with Crippen LogP contribution in [0.25, 0.3) is 98.5 Å². The Morgan fingerprint density at radius 3 is 1.36 bits per heavy atom. The zero-order valence-corrected chi connectivity index (χ0v) is 62.6. The monoisotopic (exact) mass is 2230 g/mol. The number of hydrogen-bond donors (Lipinski definition) is 0. The molecule has 12 nitrogen and oxygen atoms in total. The van der Waals surface area contributed by atoms with Crippen molar-refractivity contribution in [1.82, 2.24) is 56.3 Å². The molecule has 18 heteroatoms. The molecule has 0 unspecified atom stereocenters. The summed E-state index contributed by atoms with van der Waals surface area (Å²) < 4.78 is 12.2. The van der Waals surface area contributed by atoms with E-state index in [-0.39, 0.29) is 121 Å². The van der Waals surface area contributed by atoms with E-state index in [1.165, 1.54) is 49.1 Å². The van der Waals surface area contributed by atoms with Crippen LogP contribution >= 0.6 is 0 Å². The molecule has 6 radical (unpaired) electrons. The summed E-state index contributed by atoms with van der Waals surface area (Å²) in [4.78, 5) is 26.1. The molecule has 6 aromatic carbocycles. The summed E-state index contributed by atoms with van der Waals surface area (Å²) in [6.07, 6.45) is 29.2. The van der Waals surface area contributed by atoms with Crippen LogP contribution in [0.4, 0.5) is 0 Å². The molecule has 0 bridgehead atoms. The van der Waals surface area contributed by atoms with Crippen molar-refractivity contribution in [2.45, 2.75) is 34.6 Å². The number of aromatic nitrogens is 12. The van der Waals surface area contributed by atoms with Crippen LogP contribution in [0.15, 0.2) is 226 Å². The molecule has 0 N–H and O–H groups in total. The number of rotatable bonds is 0. The van der Waals surface area contributed by atoms with Crippen LogP contribution in [0.3, 0.4) is 0 Å². The molecular weight excluding hydrogens is 2170 g/mol. The molecule has 0 aliphatic heterocycles. The van der Waals surface area contributed by atoms with Gasteiger partial charge < -0.3 is 26.4 Å². The van der Waals surface area contributed by atoms with Crippen LogP contribution in [0.2, 0.25) is 0 Å². The molecule has 0 aliphatic carbocycles. The smallest absolute Gasteiger partial charge is 0.0606 e. The van der Waals surface area contributed by atoms with E-state index >= 15 is 0 Å². The molecule has 0 saturated heterocycles. The maximum atomic E-state index is 4.47. The van der Waals surface area contributed by atoms with Crippen LogP contribution in [0.1, 0.15) is 28.2 Å². The Morgan fingerprint density at radius 1 is 0.315 bits per heavy atom. The van der Waals surface area contributed by atoms with Gasteiger partial charge in [0.15, 0.2) is 0 Å². The predicted octanol–water partition coefficient (Wildman–Crippen LogP) is 15.3. The van der Waals surface area contributed by atoms with Gasteiger partial charge >= 0.3 is 0 Å². The first-order valence-electron chi connectivity index (χ1n) is 27.1. The second-order valence-corrected chi connectivity index (χ2v) is 20.1. The van der Waals surface area contributed by atoms with Gasteiger partial charge in [-0.15, -0.1) is 210 Å².